The summed E-state index contributed by atoms with van der Waals surface area (Å²) < 4.78 is 0. The Balaban J connectivity index is 2.22. The van der Waals surface area contributed by atoms with E-state index in [1.165, 1.54) is 0 Å². The maximum absolute atomic E-state index is 13.1. The van der Waals surface area contributed by atoms with Crippen LogP contribution in [0.2, 0.25) is 0 Å². The number of hydrogen-bond acceptors (Lipinski definition) is 4. The molecule has 0 aliphatic carbocycles. The molecule has 5 heteroatoms. The number of carbonyl (C=O) groups is 2. The van der Waals surface area contributed by atoms with E-state index in [1.54, 1.807) is 6.20 Å². The first-order valence-electron chi connectivity index (χ1n) is 10.1. The highest BCUT2D eigenvalue weighted by atomic mass is 16.2. The van der Waals surface area contributed by atoms with Crippen LogP contribution in [0.3, 0.4) is 0 Å². The standard InChI is InChI=1S/C23H33N3O2/c1-7-8-21(28)26-12-10-19(14-26)13-20(27)17(5)23(25-15(2)3)22-16(4)9-11-24-18(22)6/h9,11,19,25H,2,7-8,10,12-14H2,1,3-6H3/b23-17-/t19-/m0/s1. The molecule has 1 aliphatic rings. The van der Waals surface area contributed by atoms with Crippen molar-refractivity contribution < 1.29 is 9.59 Å². The van der Waals surface area contributed by atoms with Crippen molar-refractivity contribution in [2.75, 3.05) is 13.1 Å². The second-order valence-corrected chi connectivity index (χ2v) is 7.87. The number of allylic oxidation sites excluding steroid dienone is 2. The van der Waals surface area contributed by atoms with Crippen molar-refractivity contribution >= 4 is 17.4 Å². The van der Waals surface area contributed by atoms with Crippen LogP contribution in [0.1, 0.15) is 63.3 Å². The summed E-state index contributed by atoms with van der Waals surface area (Å²) in [5.41, 5.74) is 5.18. The molecule has 0 spiro atoms. The van der Waals surface area contributed by atoms with Crippen molar-refractivity contribution in [3.8, 4) is 0 Å². The van der Waals surface area contributed by atoms with Gasteiger partial charge in [-0.15, -0.1) is 0 Å². The molecule has 0 aromatic carbocycles. The first kappa shape index (κ1) is 21.9. The number of pyridine rings is 1. The Morgan fingerprint density at radius 1 is 1.32 bits per heavy atom. The second kappa shape index (κ2) is 9.67. The Morgan fingerprint density at radius 3 is 2.64 bits per heavy atom. The van der Waals surface area contributed by atoms with E-state index in [2.05, 4.69) is 16.9 Å². The Labute approximate surface area is 168 Å². The van der Waals surface area contributed by atoms with Crippen LogP contribution in [0.25, 0.3) is 5.70 Å². The van der Waals surface area contributed by atoms with Gasteiger partial charge in [0, 0.05) is 54.7 Å². The van der Waals surface area contributed by atoms with Gasteiger partial charge in [-0.2, -0.15) is 0 Å². The van der Waals surface area contributed by atoms with Gasteiger partial charge in [-0.25, -0.2) is 0 Å². The zero-order valence-electron chi connectivity index (χ0n) is 17.9. The molecule has 5 nitrogen and oxygen atoms in total. The van der Waals surface area contributed by atoms with Crippen molar-refractivity contribution in [2.45, 2.75) is 60.3 Å². The molecule has 1 saturated heterocycles. The van der Waals surface area contributed by atoms with Gasteiger partial charge in [-0.05, 0) is 58.1 Å². The fourth-order valence-corrected chi connectivity index (χ4v) is 3.78. The normalized spacial score (nSPS) is 17.3. The summed E-state index contributed by atoms with van der Waals surface area (Å²) in [6.45, 7) is 15.1. The predicted octanol–water partition coefficient (Wildman–Crippen LogP) is 4.16. The zero-order chi connectivity index (χ0) is 20.8. The average Bonchev–Trinajstić information content (AvgIpc) is 3.08. The smallest absolute Gasteiger partial charge is 0.222 e. The number of amides is 1. The molecule has 1 aromatic heterocycles. The van der Waals surface area contributed by atoms with Crippen LogP contribution in [0.4, 0.5) is 0 Å². The SMILES string of the molecule is C=C(C)N/C(=C(/C)C(=O)C[C@@H]1CCN(C(=O)CCC)C1)c1c(C)ccnc1C. The van der Waals surface area contributed by atoms with Gasteiger partial charge in [0.25, 0.3) is 0 Å². The third kappa shape index (κ3) is 5.31. The van der Waals surface area contributed by atoms with Crippen molar-refractivity contribution in [3.05, 3.63) is 46.9 Å². The number of nitrogens with zero attached hydrogens (tertiary/aromatic N) is 2. The number of nitrogens with one attached hydrogen (secondary N) is 1. The quantitative estimate of drug-likeness (QED) is 0.685. The fraction of sp³-hybridized carbons (Fsp3) is 0.522. The van der Waals surface area contributed by atoms with Crippen LogP contribution >= 0.6 is 0 Å². The monoisotopic (exact) mass is 383 g/mol. The molecule has 1 fully saturated rings. The molecule has 0 radical (unpaired) electrons. The highest BCUT2D eigenvalue weighted by molar-refractivity contribution is 6.02. The lowest BCUT2D eigenvalue weighted by Gasteiger charge is -2.19. The molecule has 1 aromatic rings. The van der Waals surface area contributed by atoms with E-state index in [1.807, 2.05) is 45.6 Å². The number of ketones is 1. The highest BCUT2D eigenvalue weighted by Crippen LogP contribution is 2.27. The largest absolute Gasteiger partial charge is 0.359 e. The fourth-order valence-electron chi connectivity index (χ4n) is 3.78. The number of rotatable bonds is 8. The van der Waals surface area contributed by atoms with Crippen LogP contribution < -0.4 is 5.32 Å². The Kier molecular flexibility index (Phi) is 7.55. The van der Waals surface area contributed by atoms with E-state index in [0.717, 1.165) is 47.6 Å². The average molecular weight is 384 g/mol. The van der Waals surface area contributed by atoms with Gasteiger partial charge >= 0.3 is 0 Å². The van der Waals surface area contributed by atoms with Crippen LogP contribution in [-0.2, 0) is 9.59 Å². The summed E-state index contributed by atoms with van der Waals surface area (Å²) >= 11 is 0. The van der Waals surface area contributed by atoms with E-state index in [9.17, 15) is 9.59 Å². The summed E-state index contributed by atoms with van der Waals surface area (Å²) in [5.74, 6) is 0.544. The number of Topliss-reactive ketones (excluding diaryl/α,β-unsaturated/α-hetero) is 1. The van der Waals surface area contributed by atoms with Crippen LogP contribution in [-0.4, -0.2) is 34.7 Å². The molecule has 1 amide bonds. The molecule has 0 bridgehead atoms. The maximum atomic E-state index is 13.1. The van der Waals surface area contributed by atoms with Crippen molar-refractivity contribution in [1.29, 1.82) is 0 Å². The lowest BCUT2D eigenvalue weighted by atomic mass is 9.93. The van der Waals surface area contributed by atoms with Gasteiger partial charge in [0.15, 0.2) is 5.78 Å². The summed E-state index contributed by atoms with van der Waals surface area (Å²) in [7, 11) is 0. The van der Waals surface area contributed by atoms with E-state index >= 15 is 0 Å². The molecule has 28 heavy (non-hydrogen) atoms. The minimum Gasteiger partial charge on any atom is -0.359 e. The molecule has 1 atom stereocenters. The van der Waals surface area contributed by atoms with Crippen molar-refractivity contribution in [3.63, 3.8) is 0 Å². The number of likely N-dealkylation sites (tertiary alicyclic amines) is 1. The highest BCUT2D eigenvalue weighted by Gasteiger charge is 2.28. The first-order valence-corrected chi connectivity index (χ1v) is 10.1. The molecular formula is C23H33N3O2. The molecule has 0 unspecified atom stereocenters. The van der Waals surface area contributed by atoms with E-state index < -0.39 is 0 Å². The molecule has 152 valence electrons. The number of carbonyl (C=O) groups excluding carboxylic acids is 2. The second-order valence-electron chi connectivity index (χ2n) is 7.87. The maximum Gasteiger partial charge on any atom is 0.222 e. The van der Waals surface area contributed by atoms with Crippen LogP contribution in [0.5, 0.6) is 0 Å². The summed E-state index contributed by atoms with van der Waals surface area (Å²) in [5, 5.41) is 3.29. The van der Waals surface area contributed by atoms with E-state index in [4.69, 9.17) is 0 Å². The molecule has 1 N–H and O–H groups in total. The van der Waals surface area contributed by atoms with Gasteiger partial charge in [0.1, 0.15) is 0 Å². The Hall–Kier alpha value is -2.43. The molecule has 0 saturated carbocycles. The number of aromatic nitrogens is 1. The number of aryl methyl sites for hydroxylation is 2. The Morgan fingerprint density at radius 2 is 2.04 bits per heavy atom. The molecular weight excluding hydrogens is 350 g/mol. The van der Waals surface area contributed by atoms with E-state index in [-0.39, 0.29) is 17.6 Å². The minimum absolute atomic E-state index is 0.112. The van der Waals surface area contributed by atoms with Crippen LogP contribution in [0, 0.1) is 19.8 Å². The minimum atomic E-state index is 0.112. The zero-order valence-corrected chi connectivity index (χ0v) is 17.9. The molecule has 2 rings (SSSR count). The lowest BCUT2D eigenvalue weighted by Crippen LogP contribution is -2.28. The summed E-state index contributed by atoms with van der Waals surface area (Å²) in [4.78, 5) is 31.5. The van der Waals surface area contributed by atoms with E-state index in [0.29, 0.717) is 25.0 Å². The topological polar surface area (TPSA) is 62.3 Å². The van der Waals surface area contributed by atoms with Gasteiger partial charge < -0.3 is 10.2 Å². The molecule has 2 heterocycles. The van der Waals surface area contributed by atoms with Gasteiger partial charge in [-0.3, -0.25) is 14.6 Å². The van der Waals surface area contributed by atoms with Gasteiger partial charge in [-0.1, -0.05) is 13.5 Å². The van der Waals surface area contributed by atoms with Gasteiger partial charge in [0.05, 0.1) is 5.70 Å². The van der Waals surface area contributed by atoms with Crippen LogP contribution in [0.15, 0.2) is 30.1 Å². The third-order valence-corrected chi connectivity index (χ3v) is 5.31. The molecule has 1 aliphatic heterocycles. The summed E-state index contributed by atoms with van der Waals surface area (Å²) in [6, 6.07) is 1.95. The van der Waals surface area contributed by atoms with Gasteiger partial charge in [0.2, 0.25) is 5.91 Å². The van der Waals surface area contributed by atoms with Crippen molar-refractivity contribution in [2.24, 2.45) is 5.92 Å². The number of hydrogen-bond donors (Lipinski definition) is 1. The third-order valence-electron chi connectivity index (χ3n) is 5.31. The summed E-state index contributed by atoms with van der Waals surface area (Å²) in [6.07, 6.45) is 4.58. The Bertz CT molecular complexity index is 775. The first-order chi connectivity index (χ1) is 13.2. The lowest BCUT2D eigenvalue weighted by molar-refractivity contribution is -0.130. The van der Waals surface area contributed by atoms with Crippen molar-refractivity contribution in [1.82, 2.24) is 15.2 Å². The predicted molar refractivity (Wildman–Crippen MR) is 113 cm³/mol.